The number of carbonyl (C=O) groups excluding carboxylic acids is 1. The first-order valence-electron chi connectivity index (χ1n) is 5.53. The third-order valence-corrected chi connectivity index (χ3v) is 3.75. The van der Waals surface area contributed by atoms with Gasteiger partial charge in [0, 0.05) is 3.57 Å². The van der Waals surface area contributed by atoms with Crippen LogP contribution in [0.4, 0.5) is 0 Å². The second-order valence-corrected chi connectivity index (χ2v) is 5.12. The van der Waals surface area contributed by atoms with Crippen molar-refractivity contribution in [2.75, 3.05) is 0 Å². The van der Waals surface area contributed by atoms with E-state index in [1.54, 1.807) is 12.1 Å². The van der Waals surface area contributed by atoms with Gasteiger partial charge in [0.1, 0.15) is 5.75 Å². The molecular weight excluding hydrogens is 339 g/mol. The number of Topliss-reactive ketones (excluding diaryl/α,β-unsaturated/α-hetero) is 1. The van der Waals surface area contributed by atoms with Crippen LogP contribution >= 0.6 is 22.6 Å². The highest BCUT2D eigenvalue weighted by Gasteiger charge is 2.26. The van der Waals surface area contributed by atoms with Gasteiger partial charge in [-0.1, -0.05) is 30.3 Å². The van der Waals surface area contributed by atoms with Crippen LogP contribution in [0.3, 0.4) is 0 Å². The first kappa shape index (κ1) is 11.5. The topological polar surface area (TPSA) is 26.3 Å². The number of halogens is 1. The van der Waals surface area contributed by atoms with Gasteiger partial charge in [0.2, 0.25) is 5.78 Å². The fourth-order valence-electron chi connectivity index (χ4n) is 1.87. The summed E-state index contributed by atoms with van der Waals surface area (Å²) in [5.74, 6) is 0.977. The molecule has 1 heterocycles. The van der Waals surface area contributed by atoms with E-state index in [-0.39, 0.29) is 5.78 Å². The number of para-hydroxylation sites is 1. The standard InChI is InChI=1S/C15H9IO2/c16-12-7-3-1-5-10(12)9-14-15(17)11-6-2-4-8-13(11)18-14/h1-9H. The minimum absolute atomic E-state index is 0.0507. The van der Waals surface area contributed by atoms with E-state index in [2.05, 4.69) is 22.6 Å². The van der Waals surface area contributed by atoms with Crippen molar-refractivity contribution in [1.82, 2.24) is 0 Å². The second-order valence-electron chi connectivity index (χ2n) is 3.96. The highest BCUT2D eigenvalue weighted by molar-refractivity contribution is 14.1. The molecule has 1 aliphatic heterocycles. The van der Waals surface area contributed by atoms with Gasteiger partial charge < -0.3 is 4.74 Å². The van der Waals surface area contributed by atoms with Gasteiger partial charge in [-0.3, -0.25) is 4.79 Å². The Balaban J connectivity index is 2.02. The molecule has 0 N–H and O–H groups in total. The summed E-state index contributed by atoms with van der Waals surface area (Å²) in [6, 6.07) is 15.2. The Labute approximate surface area is 118 Å². The van der Waals surface area contributed by atoms with Crippen molar-refractivity contribution in [3.8, 4) is 5.75 Å². The van der Waals surface area contributed by atoms with Gasteiger partial charge in [-0.05, 0) is 52.4 Å². The van der Waals surface area contributed by atoms with Crippen molar-refractivity contribution >= 4 is 34.5 Å². The van der Waals surface area contributed by atoms with Gasteiger partial charge >= 0.3 is 0 Å². The lowest BCUT2D eigenvalue weighted by Crippen LogP contribution is -1.98. The quantitative estimate of drug-likeness (QED) is 0.577. The van der Waals surface area contributed by atoms with Crippen LogP contribution in [0.5, 0.6) is 5.75 Å². The van der Waals surface area contributed by atoms with Crippen LogP contribution in [-0.4, -0.2) is 5.78 Å². The van der Waals surface area contributed by atoms with Gasteiger partial charge in [0.25, 0.3) is 0 Å². The molecule has 1 aliphatic rings. The molecule has 0 atom stereocenters. The maximum atomic E-state index is 12.1. The number of hydrogen-bond acceptors (Lipinski definition) is 2. The molecule has 0 bridgehead atoms. The van der Waals surface area contributed by atoms with E-state index in [9.17, 15) is 4.79 Å². The molecule has 0 saturated heterocycles. The minimum Gasteiger partial charge on any atom is -0.452 e. The number of carbonyl (C=O) groups is 1. The number of ether oxygens (including phenoxy) is 1. The summed E-state index contributed by atoms with van der Waals surface area (Å²) >= 11 is 2.24. The lowest BCUT2D eigenvalue weighted by atomic mass is 10.1. The summed E-state index contributed by atoms with van der Waals surface area (Å²) < 4.78 is 6.68. The van der Waals surface area contributed by atoms with Gasteiger partial charge in [-0.15, -0.1) is 0 Å². The van der Waals surface area contributed by atoms with E-state index >= 15 is 0 Å². The Bertz CT molecular complexity index is 659. The number of ketones is 1. The Morgan fingerprint density at radius 2 is 1.72 bits per heavy atom. The fourth-order valence-corrected chi connectivity index (χ4v) is 2.41. The van der Waals surface area contributed by atoms with Crippen LogP contribution in [-0.2, 0) is 0 Å². The highest BCUT2D eigenvalue weighted by atomic mass is 127. The van der Waals surface area contributed by atoms with E-state index in [1.807, 2.05) is 42.5 Å². The van der Waals surface area contributed by atoms with E-state index in [0.29, 0.717) is 17.1 Å². The van der Waals surface area contributed by atoms with E-state index in [1.165, 1.54) is 0 Å². The SMILES string of the molecule is O=C1C(=Cc2ccccc2I)Oc2ccccc21. The zero-order valence-electron chi connectivity index (χ0n) is 9.39. The molecule has 0 amide bonds. The first-order valence-corrected chi connectivity index (χ1v) is 6.61. The number of allylic oxidation sites excluding steroid dienone is 1. The first-order chi connectivity index (χ1) is 8.75. The molecule has 2 aromatic rings. The third-order valence-electron chi connectivity index (χ3n) is 2.77. The molecule has 3 heteroatoms. The number of benzene rings is 2. The smallest absolute Gasteiger partial charge is 0.231 e. The zero-order valence-corrected chi connectivity index (χ0v) is 11.5. The van der Waals surface area contributed by atoms with Crippen molar-refractivity contribution in [2.45, 2.75) is 0 Å². The predicted octanol–water partition coefficient (Wildman–Crippen LogP) is 3.91. The van der Waals surface area contributed by atoms with Crippen LogP contribution in [0.15, 0.2) is 54.3 Å². The van der Waals surface area contributed by atoms with Gasteiger partial charge in [0.05, 0.1) is 5.56 Å². The number of fused-ring (bicyclic) bond motifs is 1. The molecule has 0 aromatic heterocycles. The third kappa shape index (κ3) is 1.95. The average molecular weight is 348 g/mol. The molecule has 0 saturated carbocycles. The van der Waals surface area contributed by atoms with E-state index < -0.39 is 0 Å². The minimum atomic E-state index is -0.0507. The summed E-state index contributed by atoms with van der Waals surface area (Å²) in [5.41, 5.74) is 1.63. The van der Waals surface area contributed by atoms with Gasteiger partial charge in [-0.2, -0.15) is 0 Å². The van der Waals surface area contributed by atoms with Crippen molar-refractivity contribution in [1.29, 1.82) is 0 Å². The molecular formula is C15H9IO2. The lowest BCUT2D eigenvalue weighted by molar-refractivity contribution is 0.101. The Morgan fingerprint density at radius 1 is 1.00 bits per heavy atom. The summed E-state index contributed by atoms with van der Waals surface area (Å²) in [4.78, 5) is 12.1. The largest absolute Gasteiger partial charge is 0.452 e. The summed E-state index contributed by atoms with van der Waals surface area (Å²) in [6.07, 6.45) is 1.80. The molecule has 0 radical (unpaired) electrons. The molecule has 0 unspecified atom stereocenters. The van der Waals surface area contributed by atoms with Crippen LogP contribution in [0, 0.1) is 3.57 Å². The maximum Gasteiger partial charge on any atom is 0.231 e. The molecule has 0 fully saturated rings. The molecule has 2 nitrogen and oxygen atoms in total. The lowest BCUT2D eigenvalue weighted by Gasteiger charge is -2.00. The monoisotopic (exact) mass is 348 g/mol. The molecule has 2 aromatic carbocycles. The summed E-state index contributed by atoms with van der Waals surface area (Å²) in [7, 11) is 0. The predicted molar refractivity (Wildman–Crippen MR) is 78.5 cm³/mol. The Hall–Kier alpha value is -1.62. The van der Waals surface area contributed by atoms with Crippen LogP contribution in [0.25, 0.3) is 6.08 Å². The second kappa shape index (κ2) is 4.57. The van der Waals surface area contributed by atoms with Crippen LogP contribution in [0.2, 0.25) is 0 Å². The van der Waals surface area contributed by atoms with Crippen molar-refractivity contribution in [2.24, 2.45) is 0 Å². The summed E-state index contributed by atoms with van der Waals surface area (Å²) in [5, 5.41) is 0. The van der Waals surface area contributed by atoms with Crippen molar-refractivity contribution in [3.63, 3.8) is 0 Å². The fraction of sp³-hybridized carbons (Fsp3) is 0. The van der Waals surface area contributed by atoms with E-state index in [4.69, 9.17) is 4.74 Å². The highest BCUT2D eigenvalue weighted by Crippen LogP contribution is 2.31. The van der Waals surface area contributed by atoms with Crippen molar-refractivity contribution < 1.29 is 9.53 Å². The van der Waals surface area contributed by atoms with Gasteiger partial charge in [0.15, 0.2) is 5.76 Å². The number of rotatable bonds is 1. The van der Waals surface area contributed by atoms with Crippen molar-refractivity contribution in [3.05, 3.63) is 69.0 Å². The van der Waals surface area contributed by atoms with Crippen LogP contribution in [0.1, 0.15) is 15.9 Å². The zero-order chi connectivity index (χ0) is 12.5. The average Bonchev–Trinajstić information content (AvgIpc) is 2.70. The van der Waals surface area contributed by atoms with Gasteiger partial charge in [-0.25, -0.2) is 0 Å². The van der Waals surface area contributed by atoms with E-state index in [0.717, 1.165) is 9.13 Å². The molecule has 18 heavy (non-hydrogen) atoms. The summed E-state index contributed by atoms with van der Waals surface area (Å²) in [6.45, 7) is 0. The normalized spacial score (nSPS) is 15.6. The Morgan fingerprint density at radius 3 is 2.50 bits per heavy atom. The molecule has 0 aliphatic carbocycles. The van der Waals surface area contributed by atoms with Crippen LogP contribution < -0.4 is 4.74 Å². The number of hydrogen-bond donors (Lipinski definition) is 0. The Kier molecular flexibility index (Phi) is 2.91. The molecule has 3 rings (SSSR count). The maximum absolute atomic E-state index is 12.1. The molecule has 0 spiro atoms. The molecule has 88 valence electrons.